The Labute approximate surface area is 125 Å². The first kappa shape index (κ1) is 14.1. The van der Waals surface area contributed by atoms with Crippen LogP contribution in [0.4, 0.5) is 10.1 Å². The number of anilines is 1. The van der Waals surface area contributed by atoms with Gasteiger partial charge in [0.2, 0.25) is 0 Å². The quantitative estimate of drug-likeness (QED) is 0.929. The fourth-order valence-corrected chi connectivity index (χ4v) is 2.95. The van der Waals surface area contributed by atoms with Crippen molar-refractivity contribution >= 4 is 5.69 Å². The van der Waals surface area contributed by atoms with E-state index in [9.17, 15) is 4.39 Å². The zero-order chi connectivity index (χ0) is 14.8. The maximum absolute atomic E-state index is 13.0. The van der Waals surface area contributed by atoms with Crippen molar-refractivity contribution in [2.75, 3.05) is 11.4 Å². The average Bonchev–Trinajstić information content (AvgIpc) is 2.49. The van der Waals surface area contributed by atoms with E-state index in [-0.39, 0.29) is 11.9 Å². The molecule has 0 spiro atoms. The number of benzene rings is 2. The first-order valence-corrected chi connectivity index (χ1v) is 7.51. The predicted octanol–water partition coefficient (Wildman–Crippen LogP) is 3.80. The summed E-state index contributed by atoms with van der Waals surface area (Å²) >= 11 is 0. The molecule has 1 unspecified atom stereocenters. The normalized spacial score (nSPS) is 15.7. The molecule has 3 heteroatoms. The number of fused-ring (bicyclic) bond motifs is 1. The highest BCUT2D eigenvalue weighted by molar-refractivity contribution is 5.57. The highest BCUT2D eigenvalue weighted by Crippen LogP contribution is 2.30. The summed E-state index contributed by atoms with van der Waals surface area (Å²) in [5, 5.41) is 0. The zero-order valence-corrected chi connectivity index (χ0v) is 12.3. The number of nitrogens with zero attached hydrogens (tertiary/aromatic N) is 1. The van der Waals surface area contributed by atoms with Crippen LogP contribution in [0.25, 0.3) is 0 Å². The van der Waals surface area contributed by atoms with Crippen molar-refractivity contribution in [2.45, 2.75) is 32.4 Å². The van der Waals surface area contributed by atoms with Crippen molar-refractivity contribution in [1.29, 1.82) is 0 Å². The molecular weight excluding hydrogens is 263 g/mol. The third kappa shape index (κ3) is 3.08. The molecular formula is C18H21FN2. The topological polar surface area (TPSA) is 29.3 Å². The minimum Gasteiger partial charge on any atom is -0.367 e. The summed E-state index contributed by atoms with van der Waals surface area (Å²) in [5.74, 6) is -0.181. The van der Waals surface area contributed by atoms with E-state index in [2.05, 4.69) is 23.1 Å². The number of rotatable bonds is 3. The molecule has 3 rings (SSSR count). The van der Waals surface area contributed by atoms with Gasteiger partial charge in [-0.1, -0.05) is 24.3 Å². The van der Waals surface area contributed by atoms with Gasteiger partial charge in [0, 0.05) is 24.8 Å². The van der Waals surface area contributed by atoms with Crippen LogP contribution < -0.4 is 10.6 Å². The lowest BCUT2D eigenvalue weighted by Crippen LogP contribution is -2.29. The molecule has 110 valence electrons. The molecule has 0 bridgehead atoms. The molecule has 21 heavy (non-hydrogen) atoms. The Balaban J connectivity index is 1.85. The van der Waals surface area contributed by atoms with Crippen molar-refractivity contribution in [2.24, 2.45) is 5.73 Å². The van der Waals surface area contributed by atoms with Crippen LogP contribution >= 0.6 is 0 Å². The Morgan fingerprint density at radius 1 is 1.19 bits per heavy atom. The van der Waals surface area contributed by atoms with E-state index in [1.807, 2.05) is 19.1 Å². The van der Waals surface area contributed by atoms with Crippen LogP contribution in [0.3, 0.4) is 0 Å². The summed E-state index contributed by atoms with van der Waals surface area (Å²) in [6, 6.07) is 13.4. The van der Waals surface area contributed by atoms with Crippen LogP contribution in [-0.4, -0.2) is 6.54 Å². The van der Waals surface area contributed by atoms with Crippen LogP contribution in [0.1, 0.15) is 36.1 Å². The molecule has 2 N–H and O–H groups in total. The monoisotopic (exact) mass is 284 g/mol. The highest BCUT2D eigenvalue weighted by atomic mass is 19.1. The number of hydrogen-bond donors (Lipinski definition) is 1. The zero-order valence-electron chi connectivity index (χ0n) is 12.3. The number of hydrogen-bond acceptors (Lipinski definition) is 2. The minimum absolute atomic E-state index is 0.0720. The van der Waals surface area contributed by atoms with Crippen molar-refractivity contribution < 1.29 is 4.39 Å². The van der Waals surface area contributed by atoms with Gasteiger partial charge in [-0.25, -0.2) is 4.39 Å². The van der Waals surface area contributed by atoms with Crippen LogP contribution in [-0.2, 0) is 13.0 Å². The molecule has 0 aliphatic carbocycles. The second kappa shape index (κ2) is 5.86. The Morgan fingerprint density at radius 3 is 2.67 bits per heavy atom. The summed E-state index contributed by atoms with van der Waals surface area (Å²) in [5.41, 5.74) is 11.0. The van der Waals surface area contributed by atoms with Gasteiger partial charge in [0.1, 0.15) is 5.82 Å². The summed E-state index contributed by atoms with van der Waals surface area (Å²) in [4.78, 5) is 2.37. The molecule has 1 atom stereocenters. The molecule has 0 amide bonds. The van der Waals surface area contributed by atoms with Gasteiger partial charge in [0.15, 0.2) is 0 Å². The fourth-order valence-electron chi connectivity index (χ4n) is 2.95. The van der Waals surface area contributed by atoms with Gasteiger partial charge >= 0.3 is 0 Å². The minimum atomic E-state index is -0.181. The molecule has 2 aromatic rings. The van der Waals surface area contributed by atoms with Gasteiger partial charge < -0.3 is 10.6 Å². The molecule has 0 aromatic heterocycles. The second-order valence-corrected chi connectivity index (χ2v) is 5.83. The van der Waals surface area contributed by atoms with Gasteiger partial charge in [0.05, 0.1) is 0 Å². The van der Waals surface area contributed by atoms with Gasteiger partial charge in [0.25, 0.3) is 0 Å². The van der Waals surface area contributed by atoms with E-state index in [1.165, 1.54) is 28.9 Å². The third-order valence-electron chi connectivity index (χ3n) is 4.13. The lowest BCUT2D eigenvalue weighted by molar-refractivity contribution is 0.626. The van der Waals surface area contributed by atoms with E-state index in [0.717, 1.165) is 31.5 Å². The smallest absolute Gasteiger partial charge is 0.123 e. The molecule has 1 aliphatic rings. The van der Waals surface area contributed by atoms with Crippen LogP contribution in [0, 0.1) is 5.82 Å². The number of halogens is 1. The highest BCUT2D eigenvalue weighted by Gasteiger charge is 2.17. The fraction of sp³-hybridized carbons (Fsp3) is 0.333. The Morgan fingerprint density at radius 2 is 1.95 bits per heavy atom. The van der Waals surface area contributed by atoms with Crippen LogP contribution in [0.15, 0.2) is 42.5 Å². The molecule has 0 saturated heterocycles. The van der Waals surface area contributed by atoms with Crippen molar-refractivity contribution in [3.63, 3.8) is 0 Å². The van der Waals surface area contributed by atoms with Crippen molar-refractivity contribution in [3.05, 3.63) is 65.0 Å². The summed E-state index contributed by atoms with van der Waals surface area (Å²) in [7, 11) is 0. The molecule has 0 fully saturated rings. The lowest BCUT2D eigenvalue weighted by Gasteiger charge is -2.32. The maximum atomic E-state index is 13.0. The van der Waals surface area contributed by atoms with Gasteiger partial charge in [-0.05, 0) is 54.7 Å². The van der Waals surface area contributed by atoms with Gasteiger partial charge in [-0.2, -0.15) is 0 Å². The molecule has 1 heterocycles. The SMILES string of the molecule is CC(N)c1ccc2c(c1)CCCN2Cc1ccc(F)cc1. The molecule has 1 aliphatic heterocycles. The molecule has 2 nitrogen and oxygen atoms in total. The molecule has 2 aromatic carbocycles. The molecule has 0 radical (unpaired) electrons. The summed E-state index contributed by atoms with van der Waals surface area (Å²) in [6.07, 6.45) is 2.26. The molecule has 0 saturated carbocycles. The Bertz CT molecular complexity index is 620. The lowest BCUT2D eigenvalue weighted by atomic mass is 9.96. The standard InChI is InChI=1S/C18H21FN2/c1-13(20)15-6-9-18-16(11-15)3-2-10-21(18)12-14-4-7-17(19)8-5-14/h4-9,11,13H,2-3,10,12,20H2,1H3. The van der Waals surface area contributed by atoms with Crippen LogP contribution in [0.5, 0.6) is 0 Å². The third-order valence-corrected chi connectivity index (χ3v) is 4.13. The van der Waals surface area contributed by atoms with Gasteiger partial charge in [-0.3, -0.25) is 0 Å². The first-order valence-electron chi connectivity index (χ1n) is 7.51. The van der Waals surface area contributed by atoms with Gasteiger partial charge in [-0.15, -0.1) is 0 Å². The average molecular weight is 284 g/mol. The largest absolute Gasteiger partial charge is 0.367 e. The second-order valence-electron chi connectivity index (χ2n) is 5.83. The van der Waals surface area contributed by atoms with Crippen molar-refractivity contribution in [3.8, 4) is 0 Å². The van der Waals surface area contributed by atoms with E-state index in [4.69, 9.17) is 5.73 Å². The Kier molecular flexibility index (Phi) is 3.93. The summed E-state index contributed by atoms with van der Waals surface area (Å²) in [6.45, 7) is 3.88. The van der Waals surface area contributed by atoms with E-state index in [1.54, 1.807) is 0 Å². The summed E-state index contributed by atoms with van der Waals surface area (Å²) < 4.78 is 13.0. The van der Waals surface area contributed by atoms with Crippen LogP contribution in [0.2, 0.25) is 0 Å². The van der Waals surface area contributed by atoms with E-state index in [0.29, 0.717) is 0 Å². The first-order chi connectivity index (χ1) is 10.1. The van der Waals surface area contributed by atoms with E-state index >= 15 is 0 Å². The van der Waals surface area contributed by atoms with Crippen molar-refractivity contribution in [1.82, 2.24) is 0 Å². The number of aryl methyl sites for hydroxylation is 1. The number of nitrogens with two attached hydrogens (primary N) is 1. The predicted molar refractivity (Wildman–Crippen MR) is 84.8 cm³/mol. The Hall–Kier alpha value is -1.87. The van der Waals surface area contributed by atoms with E-state index < -0.39 is 0 Å². The maximum Gasteiger partial charge on any atom is 0.123 e.